The SMILES string of the molecule is NC(=O)c1[nH]c2ccc(F)cc2c1S(=O)(=O)N1CCO[C@H](COc2ccccc2)C1. The molecular weight excluding hydrogens is 413 g/mol. The van der Waals surface area contributed by atoms with E-state index in [-0.39, 0.29) is 42.3 Å². The number of carbonyl (C=O) groups excluding carboxylic acids is 1. The molecule has 3 N–H and O–H groups in total. The van der Waals surface area contributed by atoms with E-state index in [0.717, 1.165) is 6.07 Å². The first-order valence-corrected chi connectivity index (χ1v) is 10.7. The number of morpholine rings is 1. The summed E-state index contributed by atoms with van der Waals surface area (Å²) in [5, 5.41) is 0.0763. The smallest absolute Gasteiger partial charge is 0.266 e. The third-order valence-electron chi connectivity index (χ3n) is 4.84. The second-order valence-electron chi connectivity index (χ2n) is 6.86. The highest BCUT2D eigenvalue weighted by atomic mass is 32.2. The van der Waals surface area contributed by atoms with Crippen LogP contribution in [0.25, 0.3) is 10.9 Å². The number of benzene rings is 2. The van der Waals surface area contributed by atoms with E-state index >= 15 is 0 Å². The lowest BCUT2D eigenvalue weighted by atomic mass is 10.2. The molecule has 1 amide bonds. The van der Waals surface area contributed by atoms with Crippen LogP contribution in [-0.2, 0) is 14.8 Å². The van der Waals surface area contributed by atoms with E-state index in [1.165, 1.54) is 16.4 Å². The number of aromatic amines is 1. The number of amides is 1. The van der Waals surface area contributed by atoms with Gasteiger partial charge in [0.1, 0.15) is 34.9 Å². The molecule has 1 aromatic heterocycles. The van der Waals surface area contributed by atoms with E-state index in [1.807, 2.05) is 18.2 Å². The van der Waals surface area contributed by atoms with Crippen LogP contribution in [0.2, 0.25) is 0 Å². The van der Waals surface area contributed by atoms with Crippen LogP contribution in [0.3, 0.4) is 0 Å². The van der Waals surface area contributed by atoms with Crippen LogP contribution in [0.1, 0.15) is 10.5 Å². The fraction of sp³-hybridized carbons (Fsp3) is 0.250. The molecule has 4 rings (SSSR count). The van der Waals surface area contributed by atoms with E-state index in [0.29, 0.717) is 11.3 Å². The molecule has 0 spiro atoms. The zero-order valence-corrected chi connectivity index (χ0v) is 16.7. The maximum Gasteiger partial charge on any atom is 0.266 e. The number of nitrogens with zero attached hydrogens (tertiary/aromatic N) is 1. The second kappa shape index (κ2) is 8.05. The van der Waals surface area contributed by atoms with Crippen LogP contribution >= 0.6 is 0 Å². The Morgan fingerprint density at radius 2 is 2.03 bits per heavy atom. The lowest BCUT2D eigenvalue weighted by Gasteiger charge is -2.32. The average molecular weight is 433 g/mol. The predicted molar refractivity (Wildman–Crippen MR) is 107 cm³/mol. The van der Waals surface area contributed by atoms with Gasteiger partial charge in [-0.2, -0.15) is 4.31 Å². The number of carbonyl (C=O) groups is 1. The van der Waals surface area contributed by atoms with Crippen molar-refractivity contribution in [3.8, 4) is 5.75 Å². The molecule has 30 heavy (non-hydrogen) atoms. The molecule has 1 atom stereocenters. The summed E-state index contributed by atoms with van der Waals surface area (Å²) >= 11 is 0. The van der Waals surface area contributed by atoms with Gasteiger partial charge in [-0.15, -0.1) is 0 Å². The van der Waals surface area contributed by atoms with Crippen LogP contribution in [0, 0.1) is 5.82 Å². The highest BCUT2D eigenvalue weighted by molar-refractivity contribution is 7.89. The summed E-state index contributed by atoms with van der Waals surface area (Å²) in [4.78, 5) is 14.3. The van der Waals surface area contributed by atoms with Gasteiger partial charge in [-0.1, -0.05) is 18.2 Å². The summed E-state index contributed by atoms with van der Waals surface area (Å²) in [6.45, 7) is 0.422. The number of primary amides is 1. The van der Waals surface area contributed by atoms with Crippen LogP contribution < -0.4 is 10.5 Å². The van der Waals surface area contributed by atoms with Crippen LogP contribution in [-0.4, -0.2) is 56.0 Å². The predicted octanol–water partition coefficient (Wildman–Crippen LogP) is 1.87. The van der Waals surface area contributed by atoms with E-state index in [1.54, 1.807) is 12.1 Å². The molecule has 0 unspecified atom stereocenters. The molecule has 0 radical (unpaired) electrons. The number of aromatic nitrogens is 1. The van der Waals surface area contributed by atoms with E-state index in [4.69, 9.17) is 15.2 Å². The molecule has 1 fully saturated rings. The Morgan fingerprint density at radius 3 is 2.77 bits per heavy atom. The quantitative estimate of drug-likeness (QED) is 0.616. The van der Waals surface area contributed by atoms with Gasteiger partial charge in [-0.3, -0.25) is 4.79 Å². The molecule has 3 aromatic rings. The number of nitrogens with one attached hydrogen (secondary N) is 1. The van der Waals surface area contributed by atoms with Crippen molar-refractivity contribution in [2.45, 2.75) is 11.0 Å². The van der Waals surface area contributed by atoms with Crippen molar-refractivity contribution in [1.82, 2.24) is 9.29 Å². The number of hydrogen-bond acceptors (Lipinski definition) is 5. The second-order valence-corrected chi connectivity index (χ2v) is 8.74. The largest absolute Gasteiger partial charge is 0.491 e. The van der Waals surface area contributed by atoms with E-state index in [9.17, 15) is 17.6 Å². The summed E-state index contributed by atoms with van der Waals surface area (Å²) < 4.78 is 53.1. The molecule has 2 heterocycles. The molecule has 10 heteroatoms. The number of halogens is 1. The maximum absolute atomic E-state index is 13.8. The Morgan fingerprint density at radius 1 is 1.27 bits per heavy atom. The fourth-order valence-corrected chi connectivity index (χ4v) is 5.22. The number of para-hydroxylation sites is 1. The van der Waals surface area contributed by atoms with Crippen molar-refractivity contribution in [2.24, 2.45) is 5.73 Å². The van der Waals surface area contributed by atoms with Gasteiger partial charge >= 0.3 is 0 Å². The van der Waals surface area contributed by atoms with Gasteiger partial charge in [-0.05, 0) is 30.3 Å². The third kappa shape index (κ3) is 3.89. The minimum atomic E-state index is -4.15. The Hall–Kier alpha value is -2.95. The van der Waals surface area contributed by atoms with Gasteiger partial charge in [0, 0.05) is 24.0 Å². The topological polar surface area (TPSA) is 115 Å². The lowest BCUT2D eigenvalue weighted by molar-refractivity contribution is -0.0249. The Balaban J connectivity index is 1.62. The lowest BCUT2D eigenvalue weighted by Crippen LogP contribution is -2.47. The Bertz CT molecular complexity index is 1180. The van der Waals surface area contributed by atoms with Crippen molar-refractivity contribution in [3.63, 3.8) is 0 Å². The van der Waals surface area contributed by atoms with E-state index < -0.39 is 27.9 Å². The molecule has 158 valence electrons. The van der Waals surface area contributed by atoms with Gasteiger partial charge in [0.2, 0.25) is 10.0 Å². The van der Waals surface area contributed by atoms with Crippen molar-refractivity contribution < 1.29 is 27.1 Å². The van der Waals surface area contributed by atoms with Crippen LogP contribution in [0.4, 0.5) is 4.39 Å². The minimum Gasteiger partial charge on any atom is -0.491 e. The summed E-state index contributed by atoms with van der Waals surface area (Å²) in [5.41, 5.74) is 5.42. The zero-order valence-electron chi connectivity index (χ0n) is 15.9. The number of nitrogens with two attached hydrogens (primary N) is 1. The standard InChI is InChI=1S/C20H20FN3O5S/c21-13-6-7-17-16(10-13)19(18(23-17)20(22)25)30(26,27)24-8-9-28-15(11-24)12-29-14-4-2-1-3-5-14/h1-7,10,15,23H,8-9,11-12H2,(H2,22,25)/t15-/m0/s1. The fourth-order valence-electron chi connectivity index (χ4n) is 3.43. The molecule has 1 aliphatic heterocycles. The van der Waals surface area contributed by atoms with Gasteiger partial charge in [0.15, 0.2) is 0 Å². The highest BCUT2D eigenvalue weighted by Crippen LogP contribution is 2.31. The highest BCUT2D eigenvalue weighted by Gasteiger charge is 2.36. The summed E-state index contributed by atoms with van der Waals surface area (Å²) in [6.07, 6.45) is -0.507. The molecule has 1 saturated heterocycles. The van der Waals surface area contributed by atoms with Crippen LogP contribution in [0.15, 0.2) is 53.4 Å². The first-order valence-electron chi connectivity index (χ1n) is 9.27. The Kier molecular flexibility index (Phi) is 5.46. The molecule has 1 aliphatic rings. The zero-order chi connectivity index (χ0) is 21.3. The van der Waals surface area contributed by atoms with Gasteiger partial charge in [-0.25, -0.2) is 12.8 Å². The normalized spacial score (nSPS) is 17.8. The van der Waals surface area contributed by atoms with Crippen molar-refractivity contribution in [3.05, 3.63) is 60.0 Å². The van der Waals surface area contributed by atoms with Crippen molar-refractivity contribution >= 4 is 26.8 Å². The van der Waals surface area contributed by atoms with Crippen LogP contribution in [0.5, 0.6) is 5.75 Å². The molecular formula is C20H20FN3O5S. The minimum absolute atomic E-state index is 0.0232. The average Bonchev–Trinajstić information content (AvgIpc) is 3.13. The summed E-state index contributed by atoms with van der Waals surface area (Å²) in [7, 11) is -4.15. The van der Waals surface area contributed by atoms with E-state index in [2.05, 4.69) is 4.98 Å². The molecule has 0 bridgehead atoms. The number of rotatable bonds is 6. The van der Waals surface area contributed by atoms with Gasteiger partial charge in [0.05, 0.1) is 6.61 Å². The summed E-state index contributed by atoms with van der Waals surface area (Å²) in [6, 6.07) is 12.7. The number of fused-ring (bicyclic) bond motifs is 1. The number of hydrogen-bond donors (Lipinski definition) is 2. The Labute approximate surface area is 172 Å². The van der Waals surface area contributed by atoms with Crippen molar-refractivity contribution in [2.75, 3.05) is 26.3 Å². The van der Waals surface area contributed by atoms with Gasteiger partial charge < -0.3 is 20.2 Å². The summed E-state index contributed by atoms with van der Waals surface area (Å²) in [5.74, 6) is -0.920. The maximum atomic E-state index is 13.8. The monoisotopic (exact) mass is 433 g/mol. The first-order chi connectivity index (χ1) is 14.4. The molecule has 0 saturated carbocycles. The molecule has 2 aromatic carbocycles. The molecule has 0 aliphatic carbocycles. The van der Waals surface area contributed by atoms with Gasteiger partial charge in [0.25, 0.3) is 5.91 Å². The number of sulfonamides is 1. The molecule has 8 nitrogen and oxygen atoms in total. The first kappa shape index (κ1) is 20.3. The number of H-pyrrole nitrogens is 1. The number of ether oxygens (including phenoxy) is 2. The van der Waals surface area contributed by atoms with Crippen molar-refractivity contribution in [1.29, 1.82) is 0 Å². The third-order valence-corrected chi connectivity index (χ3v) is 6.79.